The molecular weight excluding hydrogens is 295 g/mol. The third-order valence-electron chi connectivity index (χ3n) is 2.88. The van der Waals surface area contributed by atoms with Crippen molar-refractivity contribution in [3.05, 3.63) is 52.1 Å². The van der Waals surface area contributed by atoms with Gasteiger partial charge in [0.05, 0.1) is 5.02 Å². The van der Waals surface area contributed by atoms with Gasteiger partial charge in [0.2, 0.25) is 5.88 Å². The van der Waals surface area contributed by atoms with Gasteiger partial charge < -0.3 is 10.1 Å². The Kier molecular flexibility index (Phi) is 5.24. The van der Waals surface area contributed by atoms with Crippen LogP contribution in [0.1, 0.15) is 25.5 Å². The fourth-order valence-electron chi connectivity index (χ4n) is 1.80. The van der Waals surface area contributed by atoms with E-state index in [0.717, 1.165) is 12.1 Å². The number of pyridine rings is 1. The van der Waals surface area contributed by atoms with E-state index < -0.39 is 0 Å². The molecule has 1 N–H and O–H groups in total. The average molecular weight is 311 g/mol. The summed E-state index contributed by atoms with van der Waals surface area (Å²) >= 11 is 11.9. The van der Waals surface area contributed by atoms with Crippen molar-refractivity contribution in [3.8, 4) is 11.6 Å². The van der Waals surface area contributed by atoms with Gasteiger partial charge >= 0.3 is 0 Å². The first-order valence-corrected chi connectivity index (χ1v) is 7.18. The lowest BCUT2D eigenvalue weighted by atomic mass is 10.1. The van der Waals surface area contributed by atoms with Crippen molar-refractivity contribution in [1.82, 2.24) is 10.3 Å². The number of rotatable bonds is 5. The standard InChI is InChI=1S/C15H16Cl2N2O/c1-3-18-10(2)11-4-7-15(19-9-11)20-14-6-5-12(16)8-13(14)17/h4-10,18H,3H2,1-2H3. The molecule has 0 amide bonds. The maximum absolute atomic E-state index is 6.06. The van der Waals surface area contributed by atoms with Crippen molar-refractivity contribution in [3.63, 3.8) is 0 Å². The highest BCUT2D eigenvalue weighted by Crippen LogP contribution is 2.30. The Labute approximate surface area is 128 Å². The zero-order valence-electron chi connectivity index (χ0n) is 11.4. The Balaban J connectivity index is 2.10. The molecule has 0 aliphatic rings. The van der Waals surface area contributed by atoms with E-state index in [9.17, 15) is 0 Å². The fourth-order valence-corrected chi connectivity index (χ4v) is 2.25. The normalized spacial score (nSPS) is 12.2. The highest BCUT2D eigenvalue weighted by Gasteiger charge is 2.07. The van der Waals surface area contributed by atoms with E-state index in [1.165, 1.54) is 0 Å². The second-order valence-corrected chi connectivity index (χ2v) is 5.23. The van der Waals surface area contributed by atoms with Crippen LogP contribution in [0.3, 0.4) is 0 Å². The van der Waals surface area contributed by atoms with E-state index in [4.69, 9.17) is 27.9 Å². The molecule has 0 saturated carbocycles. The third kappa shape index (κ3) is 3.85. The Morgan fingerprint density at radius 3 is 2.65 bits per heavy atom. The second-order valence-electron chi connectivity index (χ2n) is 4.39. The van der Waals surface area contributed by atoms with Crippen molar-refractivity contribution in [2.45, 2.75) is 19.9 Å². The third-order valence-corrected chi connectivity index (χ3v) is 3.41. The number of nitrogens with one attached hydrogen (secondary N) is 1. The van der Waals surface area contributed by atoms with Crippen molar-refractivity contribution in [1.29, 1.82) is 0 Å². The van der Waals surface area contributed by atoms with E-state index >= 15 is 0 Å². The molecular formula is C15H16Cl2N2O. The highest BCUT2D eigenvalue weighted by molar-refractivity contribution is 6.35. The predicted molar refractivity (Wildman–Crippen MR) is 82.9 cm³/mol. The Morgan fingerprint density at radius 2 is 2.05 bits per heavy atom. The van der Waals surface area contributed by atoms with Crippen molar-refractivity contribution in [2.75, 3.05) is 6.54 Å². The minimum absolute atomic E-state index is 0.265. The molecule has 5 heteroatoms. The summed E-state index contributed by atoms with van der Waals surface area (Å²) in [5.41, 5.74) is 1.11. The largest absolute Gasteiger partial charge is 0.437 e. The van der Waals surface area contributed by atoms with Gasteiger partial charge in [0.15, 0.2) is 0 Å². The summed E-state index contributed by atoms with van der Waals surface area (Å²) < 4.78 is 5.64. The van der Waals surface area contributed by atoms with Crippen LogP contribution in [-0.2, 0) is 0 Å². The molecule has 0 aliphatic heterocycles. The van der Waals surface area contributed by atoms with Crippen LogP contribution in [0.15, 0.2) is 36.5 Å². The molecule has 0 spiro atoms. The zero-order chi connectivity index (χ0) is 14.5. The van der Waals surface area contributed by atoms with Gasteiger partial charge in [0.25, 0.3) is 0 Å². The maximum Gasteiger partial charge on any atom is 0.219 e. The molecule has 1 aromatic heterocycles. The first-order valence-electron chi connectivity index (χ1n) is 6.42. The molecule has 0 bridgehead atoms. The van der Waals surface area contributed by atoms with Gasteiger partial charge in [-0.2, -0.15) is 0 Å². The molecule has 0 saturated heterocycles. The summed E-state index contributed by atoms with van der Waals surface area (Å²) in [5.74, 6) is 1.04. The number of benzene rings is 1. The average Bonchev–Trinajstić information content (AvgIpc) is 2.43. The molecule has 0 radical (unpaired) electrons. The first-order chi connectivity index (χ1) is 9.60. The number of ether oxygens (including phenoxy) is 1. The van der Waals surface area contributed by atoms with Crippen LogP contribution in [-0.4, -0.2) is 11.5 Å². The first kappa shape index (κ1) is 15.1. The molecule has 0 aliphatic carbocycles. The summed E-state index contributed by atoms with van der Waals surface area (Å²) in [5, 5.41) is 4.37. The van der Waals surface area contributed by atoms with Crippen LogP contribution in [0.5, 0.6) is 11.6 Å². The zero-order valence-corrected chi connectivity index (χ0v) is 12.9. The molecule has 2 rings (SSSR count). The fraction of sp³-hybridized carbons (Fsp3) is 0.267. The Morgan fingerprint density at radius 1 is 1.25 bits per heavy atom. The van der Waals surface area contributed by atoms with E-state index in [2.05, 4.69) is 24.1 Å². The van der Waals surface area contributed by atoms with Crippen LogP contribution < -0.4 is 10.1 Å². The summed E-state index contributed by atoms with van der Waals surface area (Å²) in [6.45, 7) is 5.08. The van der Waals surface area contributed by atoms with Crippen molar-refractivity contribution < 1.29 is 4.74 Å². The molecule has 0 fully saturated rings. The van der Waals surface area contributed by atoms with Crippen LogP contribution in [0.2, 0.25) is 10.0 Å². The van der Waals surface area contributed by atoms with Crippen molar-refractivity contribution in [2.24, 2.45) is 0 Å². The van der Waals surface area contributed by atoms with Gasteiger partial charge in [0.1, 0.15) is 5.75 Å². The Bertz CT molecular complexity index is 573. The summed E-state index contributed by atoms with van der Waals surface area (Å²) in [7, 11) is 0. The monoisotopic (exact) mass is 310 g/mol. The molecule has 2 aromatic rings. The van der Waals surface area contributed by atoms with Gasteiger partial charge in [-0.3, -0.25) is 0 Å². The molecule has 1 unspecified atom stereocenters. The van der Waals surface area contributed by atoms with Crippen LogP contribution in [0.4, 0.5) is 0 Å². The van der Waals surface area contributed by atoms with Crippen molar-refractivity contribution >= 4 is 23.2 Å². The summed E-state index contributed by atoms with van der Waals surface area (Å²) in [4.78, 5) is 4.29. The molecule has 1 heterocycles. The number of hydrogen-bond donors (Lipinski definition) is 1. The van der Waals surface area contributed by atoms with E-state index in [1.807, 2.05) is 12.1 Å². The maximum atomic E-state index is 6.06. The number of aromatic nitrogens is 1. The highest BCUT2D eigenvalue weighted by atomic mass is 35.5. The van der Waals surface area contributed by atoms with E-state index in [1.54, 1.807) is 24.4 Å². The topological polar surface area (TPSA) is 34.1 Å². The van der Waals surface area contributed by atoms with Crippen LogP contribution in [0.25, 0.3) is 0 Å². The minimum atomic E-state index is 0.265. The lowest BCUT2D eigenvalue weighted by Gasteiger charge is -2.13. The van der Waals surface area contributed by atoms with Gasteiger partial charge in [-0.25, -0.2) is 4.98 Å². The lowest BCUT2D eigenvalue weighted by molar-refractivity contribution is 0.462. The smallest absolute Gasteiger partial charge is 0.219 e. The molecule has 3 nitrogen and oxygen atoms in total. The molecule has 1 atom stereocenters. The van der Waals surface area contributed by atoms with E-state index in [0.29, 0.717) is 21.7 Å². The van der Waals surface area contributed by atoms with E-state index in [-0.39, 0.29) is 6.04 Å². The SMILES string of the molecule is CCNC(C)c1ccc(Oc2ccc(Cl)cc2Cl)nc1. The van der Waals surface area contributed by atoms with Crippen LogP contribution >= 0.6 is 23.2 Å². The van der Waals surface area contributed by atoms with Gasteiger partial charge in [0, 0.05) is 23.3 Å². The van der Waals surface area contributed by atoms with Gasteiger partial charge in [-0.1, -0.05) is 36.2 Å². The number of nitrogens with zero attached hydrogens (tertiary/aromatic N) is 1. The second kappa shape index (κ2) is 6.93. The quantitative estimate of drug-likeness (QED) is 0.857. The molecule has 1 aromatic carbocycles. The molecule has 106 valence electrons. The minimum Gasteiger partial charge on any atom is -0.437 e. The van der Waals surface area contributed by atoms with Crippen LogP contribution in [0, 0.1) is 0 Å². The van der Waals surface area contributed by atoms with Gasteiger partial charge in [-0.05, 0) is 37.2 Å². The summed E-state index contributed by atoms with van der Waals surface area (Å²) in [6.07, 6.45) is 1.80. The summed E-state index contributed by atoms with van der Waals surface area (Å²) in [6, 6.07) is 9.17. The lowest BCUT2D eigenvalue weighted by Crippen LogP contribution is -2.17. The number of halogens is 2. The molecule has 20 heavy (non-hydrogen) atoms. The number of hydrogen-bond acceptors (Lipinski definition) is 3. The van der Waals surface area contributed by atoms with Gasteiger partial charge in [-0.15, -0.1) is 0 Å². The Hall–Kier alpha value is -1.29. The predicted octanol–water partition coefficient (Wildman–Crippen LogP) is 4.85.